The van der Waals surface area contributed by atoms with Gasteiger partial charge in [-0.2, -0.15) is 13.2 Å². The van der Waals surface area contributed by atoms with E-state index in [0.29, 0.717) is 12.0 Å². The molecule has 1 aromatic rings. The average molecular weight is 287 g/mol. The summed E-state index contributed by atoms with van der Waals surface area (Å²) in [6.07, 6.45) is -3.91. The molecule has 1 unspecified atom stereocenters. The molecule has 1 atom stereocenters. The minimum absolute atomic E-state index is 0.277. The van der Waals surface area contributed by atoms with Crippen molar-refractivity contribution < 1.29 is 18.3 Å². The topological polar surface area (TPSA) is 32.3 Å². The van der Waals surface area contributed by atoms with E-state index in [4.69, 9.17) is 0 Å². The molecule has 20 heavy (non-hydrogen) atoms. The predicted molar refractivity (Wildman–Crippen MR) is 71.3 cm³/mol. The van der Waals surface area contributed by atoms with Crippen LogP contribution in [0.5, 0.6) is 0 Å². The van der Waals surface area contributed by atoms with Crippen molar-refractivity contribution in [2.24, 2.45) is 0 Å². The Balaban J connectivity index is 2.41. The second-order valence-corrected chi connectivity index (χ2v) is 6.75. The Morgan fingerprint density at radius 3 is 1.90 bits per heavy atom. The van der Waals surface area contributed by atoms with Gasteiger partial charge in [-0.1, -0.05) is 12.1 Å². The Kier molecular flexibility index (Phi) is 3.23. The molecule has 5 heteroatoms. The van der Waals surface area contributed by atoms with Crippen molar-refractivity contribution in [1.29, 1.82) is 0 Å². The summed E-state index contributed by atoms with van der Waals surface area (Å²) < 4.78 is 37.8. The minimum Gasteiger partial charge on any atom is -0.383 e. The van der Waals surface area contributed by atoms with E-state index in [0.717, 1.165) is 12.1 Å². The zero-order valence-electron chi connectivity index (χ0n) is 12.1. The zero-order valence-corrected chi connectivity index (χ0v) is 12.1. The van der Waals surface area contributed by atoms with Gasteiger partial charge in [0, 0.05) is 11.1 Å². The predicted octanol–water partition coefficient (Wildman–Crippen LogP) is 3.44. The number of benzene rings is 1. The van der Waals surface area contributed by atoms with Crippen LogP contribution in [0, 0.1) is 0 Å². The van der Waals surface area contributed by atoms with Gasteiger partial charge in [0.1, 0.15) is 5.60 Å². The Morgan fingerprint density at radius 1 is 1.05 bits per heavy atom. The van der Waals surface area contributed by atoms with Gasteiger partial charge in [-0.25, -0.2) is 0 Å². The van der Waals surface area contributed by atoms with Crippen LogP contribution in [0.3, 0.4) is 0 Å². The molecule has 1 aliphatic heterocycles. The summed E-state index contributed by atoms with van der Waals surface area (Å²) in [7, 11) is 0. The number of hydrogen-bond acceptors (Lipinski definition) is 2. The SMILES string of the molecule is CC1(C)CC(O)(c2ccc(C(F)(F)F)cc2)C(C)(C)N1. The number of alkyl halides is 3. The average Bonchev–Trinajstić information content (AvgIpc) is 2.42. The van der Waals surface area contributed by atoms with Crippen LogP contribution in [0.4, 0.5) is 13.2 Å². The van der Waals surface area contributed by atoms with Crippen molar-refractivity contribution in [1.82, 2.24) is 5.32 Å². The van der Waals surface area contributed by atoms with E-state index in [-0.39, 0.29) is 5.54 Å². The smallest absolute Gasteiger partial charge is 0.383 e. The van der Waals surface area contributed by atoms with Crippen molar-refractivity contribution in [2.45, 2.75) is 57.0 Å². The van der Waals surface area contributed by atoms with Crippen LogP contribution in [-0.4, -0.2) is 16.2 Å². The lowest BCUT2D eigenvalue weighted by atomic mass is 9.76. The Hall–Kier alpha value is -1.07. The fourth-order valence-corrected chi connectivity index (χ4v) is 3.25. The molecule has 1 saturated heterocycles. The highest BCUT2D eigenvalue weighted by Crippen LogP contribution is 2.46. The molecule has 0 spiro atoms. The van der Waals surface area contributed by atoms with Gasteiger partial charge >= 0.3 is 6.18 Å². The summed E-state index contributed by atoms with van der Waals surface area (Å²) in [4.78, 5) is 0. The van der Waals surface area contributed by atoms with Gasteiger partial charge in [0.2, 0.25) is 0 Å². The van der Waals surface area contributed by atoms with E-state index < -0.39 is 22.9 Å². The number of nitrogens with one attached hydrogen (secondary N) is 1. The van der Waals surface area contributed by atoms with Crippen LogP contribution in [-0.2, 0) is 11.8 Å². The van der Waals surface area contributed by atoms with E-state index in [9.17, 15) is 18.3 Å². The number of rotatable bonds is 1. The molecule has 2 nitrogen and oxygen atoms in total. The van der Waals surface area contributed by atoms with Crippen LogP contribution >= 0.6 is 0 Å². The molecule has 0 saturated carbocycles. The van der Waals surface area contributed by atoms with Gasteiger partial charge in [-0.15, -0.1) is 0 Å². The maximum absolute atomic E-state index is 12.6. The summed E-state index contributed by atoms with van der Waals surface area (Å²) in [5.74, 6) is 0. The third-order valence-electron chi connectivity index (χ3n) is 4.07. The van der Waals surface area contributed by atoms with Gasteiger partial charge in [0.25, 0.3) is 0 Å². The molecule has 0 bridgehead atoms. The highest BCUT2D eigenvalue weighted by atomic mass is 19.4. The van der Waals surface area contributed by atoms with Gasteiger partial charge < -0.3 is 10.4 Å². The third-order valence-corrected chi connectivity index (χ3v) is 4.07. The summed E-state index contributed by atoms with van der Waals surface area (Å²) in [6.45, 7) is 7.66. The summed E-state index contributed by atoms with van der Waals surface area (Å²) >= 11 is 0. The molecule has 1 fully saturated rings. The lowest BCUT2D eigenvalue weighted by Gasteiger charge is -2.37. The largest absolute Gasteiger partial charge is 0.416 e. The lowest BCUT2D eigenvalue weighted by Crippen LogP contribution is -2.51. The van der Waals surface area contributed by atoms with Gasteiger partial charge in [-0.05, 0) is 51.8 Å². The quantitative estimate of drug-likeness (QED) is 0.829. The van der Waals surface area contributed by atoms with E-state index in [2.05, 4.69) is 5.32 Å². The molecule has 0 radical (unpaired) electrons. The number of hydrogen-bond donors (Lipinski definition) is 2. The zero-order chi connectivity index (χ0) is 15.4. The molecule has 1 aliphatic rings. The molecule has 1 aromatic carbocycles. The Morgan fingerprint density at radius 2 is 1.55 bits per heavy atom. The molecule has 1 heterocycles. The van der Waals surface area contributed by atoms with Crippen molar-refractivity contribution in [2.75, 3.05) is 0 Å². The third kappa shape index (κ3) is 2.44. The second kappa shape index (κ2) is 4.21. The highest BCUT2D eigenvalue weighted by molar-refractivity contribution is 5.34. The lowest BCUT2D eigenvalue weighted by molar-refractivity contribution is -0.137. The van der Waals surface area contributed by atoms with Crippen LogP contribution in [0.1, 0.15) is 45.2 Å². The number of halogens is 3. The van der Waals surface area contributed by atoms with E-state index in [1.807, 2.05) is 27.7 Å². The summed E-state index contributed by atoms with van der Waals surface area (Å²) in [6, 6.07) is 4.78. The fraction of sp³-hybridized carbons (Fsp3) is 0.600. The van der Waals surface area contributed by atoms with E-state index in [1.165, 1.54) is 12.1 Å². The normalized spacial score (nSPS) is 28.6. The van der Waals surface area contributed by atoms with E-state index in [1.54, 1.807) is 0 Å². The summed E-state index contributed by atoms with van der Waals surface area (Å²) in [5.41, 5.74) is -2.28. The Bertz CT molecular complexity index is 505. The first-order valence-electron chi connectivity index (χ1n) is 6.57. The monoisotopic (exact) mass is 287 g/mol. The molecule has 2 rings (SSSR count). The first-order chi connectivity index (χ1) is 8.87. The van der Waals surface area contributed by atoms with Gasteiger partial charge in [0.15, 0.2) is 0 Å². The molecule has 2 N–H and O–H groups in total. The van der Waals surface area contributed by atoms with Crippen LogP contribution in [0.25, 0.3) is 0 Å². The number of aliphatic hydroxyl groups is 1. The van der Waals surface area contributed by atoms with Crippen molar-refractivity contribution in [3.05, 3.63) is 35.4 Å². The van der Waals surface area contributed by atoms with Crippen molar-refractivity contribution in [3.8, 4) is 0 Å². The molecular weight excluding hydrogens is 267 g/mol. The van der Waals surface area contributed by atoms with Crippen molar-refractivity contribution >= 4 is 0 Å². The standard InChI is InChI=1S/C15H20F3NO/c1-12(2)9-14(20,13(3,4)19-12)10-5-7-11(8-6-10)15(16,17)18/h5-8,19-20H,9H2,1-4H3. The van der Waals surface area contributed by atoms with Crippen LogP contribution < -0.4 is 5.32 Å². The fourth-order valence-electron chi connectivity index (χ4n) is 3.25. The van der Waals surface area contributed by atoms with Crippen LogP contribution in [0.2, 0.25) is 0 Å². The molecule has 0 aliphatic carbocycles. The van der Waals surface area contributed by atoms with Gasteiger partial charge in [-0.3, -0.25) is 0 Å². The van der Waals surface area contributed by atoms with E-state index >= 15 is 0 Å². The van der Waals surface area contributed by atoms with Gasteiger partial charge in [0.05, 0.1) is 5.56 Å². The minimum atomic E-state index is -4.36. The molecule has 112 valence electrons. The summed E-state index contributed by atoms with van der Waals surface area (Å²) in [5, 5.41) is 14.3. The highest BCUT2D eigenvalue weighted by Gasteiger charge is 2.55. The Labute approximate surface area is 117 Å². The molecule has 0 aromatic heterocycles. The van der Waals surface area contributed by atoms with Crippen LogP contribution in [0.15, 0.2) is 24.3 Å². The van der Waals surface area contributed by atoms with Crippen molar-refractivity contribution in [3.63, 3.8) is 0 Å². The first-order valence-corrected chi connectivity index (χ1v) is 6.57. The maximum Gasteiger partial charge on any atom is 0.416 e. The maximum atomic E-state index is 12.6. The first kappa shape index (κ1) is 15.3. The molecule has 0 amide bonds. The second-order valence-electron chi connectivity index (χ2n) is 6.75. The molecular formula is C15H20F3NO.